The van der Waals surface area contributed by atoms with Crippen molar-refractivity contribution in [3.63, 3.8) is 0 Å². The summed E-state index contributed by atoms with van der Waals surface area (Å²) in [6, 6.07) is 25.3. The molecule has 36 heavy (non-hydrogen) atoms. The van der Waals surface area contributed by atoms with E-state index in [2.05, 4.69) is 34.9 Å². The number of carbonyl (C=O) groups is 2. The van der Waals surface area contributed by atoms with Gasteiger partial charge in [-0.15, -0.1) is 0 Å². The molecule has 0 spiro atoms. The summed E-state index contributed by atoms with van der Waals surface area (Å²) in [5.41, 5.74) is 2.31. The van der Waals surface area contributed by atoms with Crippen LogP contribution in [0, 0.1) is 5.82 Å². The second-order valence-corrected chi connectivity index (χ2v) is 9.48. The van der Waals surface area contributed by atoms with Crippen molar-refractivity contribution >= 4 is 11.8 Å². The fourth-order valence-electron chi connectivity index (χ4n) is 5.04. The average Bonchev–Trinajstić information content (AvgIpc) is 3.28. The normalized spacial score (nSPS) is 17.1. The Labute approximate surface area is 212 Å². The summed E-state index contributed by atoms with van der Waals surface area (Å²) in [4.78, 5) is 24.8. The molecule has 1 heterocycles. The molecule has 0 aromatic heterocycles. The molecular weight excluding hydrogens is 455 g/mol. The average molecular weight is 489 g/mol. The summed E-state index contributed by atoms with van der Waals surface area (Å²) in [6.45, 7) is 0.541. The Hall–Kier alpha value is -3.67. The number of hydrogen-bond donors (Lipinski definition) is 2. The molecule has 1 aliphatic heterocycles. The van der Waals surface area contributed by atoms with Crippen LogP contribution in [0.15, 0.2) is 78.9 Å². The van der Waals surface area contributed by atoms with Crippen molar-refractivity contribution in [3.05, 3.63) is 101 Å². The van der Waals surface area contributed by atoms with Gasteiger partial charge in [0.15, 0.2) is 0 Å². The number of rotatable bonds is 11. The smallest absolute Gasteiger partial charge is 0.220 e. The Morgan fingerprint density at radius 3 is 2.28 bits per heavy atom. The quantitative estimate of drug-likeness (QED) is 0.393. The number of hydrogen-bond acceptors (Lipinski definition) is 3. The number of carbonyl (C=O) groups excluding carboxylic acids is 2. The molecule has 3 aromatic carbocycles. The van der Waals surface area contributed by atoms with Crippen LogP contribution in [0.1, 0.15) is 54.7 Å². The van der Waals surface area contributed by atoms with Crippen molar-refractivity contribution in [2.45, 2.75) is 50.0 Å². The van der Waals surface area contributed by atoms with Crippen LogP contribution in [0.5, 0.6) is 5.75 Å². The maximum atomic E-state index is 14.6. The third kappa shape index (κ3) is 6.51. The van der Waals surface area contributed by atoms with Crippen LogP contribution in [-0.4, -0.2) is 31.0 Å². The Kier molecular flexibility index (Phi) is 8.36. The van der Waals surface area contributed by atoms with Crippen molar-refractivity contribution in [2.75, 3.05) is 13.7 Å². The molecule has 1 unspecified atom stereocenters. The second kappa shape index (κ2) is 11.8. The Morgan fingerprint density at radius 1 is 1.06 bits per heavy atom. The number of nitrogens with one attached hydrogen (secondary N) is 2. The first-order valence-electron chi connectivity index (χ1n) is 12.5. The fourth-order valence-corrected chi connectivity index (χ4v) is 5.04. The van der Waals surface area contributed by atoms with E-state index in [0.717, 1.165) is 6.42 Å². The number of ether oxygens (including phenoxy) is 1. The first-order chi connectivity index (χ1) is 17.5. The molecule has 2 amide bonds. The first kappa shape index (κ1) is 25.4. The standard InChI is InChI=1S/C30H33FN2O3/c1-36-25-13-12-24(27(31)20-25)21-30(18-15-29(35)33-30)17-14-28(34)32-19-16-26(22-8-4-2-5-9-22)23-10-6-3-7-11-23/h2-13,20,26H,14-19,21H2,1H3,(H,32,34)(H,33,35). The molecule has 4 rings (SSSR count). The molecule has 3 aromatic rings. The Balaban J connectivity index is 1.35. The van der Waals surface area contributed by atoms with Crippen LogP contribution >= 0.6 is 0 Å². The predicted octanol–water partition coefficient (Wildman–Crippen LogP) is 5.14. The van der Waals surface area contributed by atoms with Crippen molar-refractivity contribution in [3.8, 4) is 5.75 Å². The van der Waals surface area contributed by atoms with Gasteiger partial charge in [0.2, 0.25) is 11.8 Å². The number of benzene rings is 3. The van der Waals surface area contributed by atoms with Crippen LogP contribution in [0.4, 0.5) is 4.39 Å². The molecule has 0 aliphatic carbocycles. The van der Waals surface area contributed by atoms with Gasteiger partial charge in [0.1, 0.15) is 11.6 Å². The summed E-state index contributed by atoms with van der Waals surface area (Å²) in [5, 5.41) is 6.08. The molecule has 1 atom stereocenters. The van der Waals surface area contributed by atoms with Gasteiger partial charge in [0.25, 0.3) is 0 Å². The van der Waals surface area contributed by atoms with Crippen LogP contribution in [-0.2, 0) is 16.0 Å². The Bertz CT molecular complexity index is 1130. The molecule has 6 heteroatoms. The van der Waals surface area contributed by atoms with Crippen molar-refractivity contribution in [2.24, 2.45) is 0 Å². The van der Waals surface area contributed by atoms with E-state index in [-0.39, 0.29) is 30.0 Å². The third-order valence-corrected chi connectivity index (χ3v) is 7.01. The largest absolute Gasteiger partial charge is 0.497 e. The highest BCUT2D eigenvalue weighted by Crippen LogP contribution is 2.31. The van der Waals surface area contributed by atoms with Crippen molar-refractivity contribution in [1.82, 2.24) is 10.6 Å². The van der Waals surface area contributed by atoms with E-state index in [4.69, 9.17) is 4.74 Å². The summed E-state index contributed by atoms with van der Waals surface area (Å²) >= 11 is 0. The van der Waals surface area contributed by atoms with E-state index >= 15 is 0 Å². The lowest BCUT2D eigenvalue weighted by Crippen LogP contribution is -2.44. The number of halogens is 1. The summed E-state index contributed by atoms with van der Waals surface area (Å²) < 4.78 is 19.7. The summed E-state index contributed by atoms with van der Waals surface area (Å²) in [7, 11) is 1.49. The lowest BCUT2D eigenvalue weighted by molar-refractivity contribution is -0.122. The van der Waals surface area contributed by atoms with Gasteiger partial charge in [-0.2, -0.15) is 0 Å². The van der Waals surface area contributed by atoms with E-state index < -0.39 is 5.54 Å². The highest BCUT2D eigenvalue weighted by atomic mass is 19.1. The molecule has 0 radical (unpaired) electrons. The highest BCUT2D eigenvalue weighted by Gasteiger charge is 2.38. The second-order valence-electron chi connectivity index (χ2n) is 9.48. The summed E-state index contributed by atoms with van der Waals surface area (Å²) in [5.74, 6) is 0.145. The highest BCUT2D eigenvalue weighted by molar-refractivity contribution is 5.80. The zero-order chi connectivity index (χ0) is 25.4. The zero-order valence-corrected chi connectivity index (χ0v) is 20.6. The van der Waals surface area contributed by atoms with Gasteiger partial charge in [0.05, 0.1) is 7.11 Å². The lowest BCUT2D eigenvalue weighted by atomic mass is 9.84. The van der Waals surface area contributed by atoms with Crippen LogP contribution in [0.2, 0.25) is 0 Å². The van der Waals surface area contributed by atoms with Crippen molar-refractivity contribution < 1.29 is 18.7 Å². The van der Waals surface area contributed by atoms with Gasteiger partial charge in [-0.1, -0.05) is 66.7 Å². The summed E-state index contributed by atoms with van der Waals surface area (Å²) in [6.07, 6.45) is 2.80. The molecular formula is C30H33FN2O3. The maximum Gasteiger partial charge on any atom is 0.220 e. The topological polar surface area (TPSA) is 67.4 Å². The molecule has 188 valence electrons. The molecule has 5 nitrogen and oxygen atoms in total. The van der Waals surface area contributed by atoms with Gasteiger partial charge < -0.3 is 15.4 Å². The fraction of sp³-hybridized carbons (Fsp3) is 0.333. The van der Waals surface area contributed by atoms with Gasteiger partial charge in [-0.05, 0) is 48.4 Å². The Morgan fingerprint density at radius 2 is 1.72 bits per heavy atom. The molecule has 1 saturated heterocycles. The van der Waals surface area contributed by atoms with Gasteiger partial charge >= 0.3 is 0 Å². The minimum Gasteiger partial charge on any atom is -0.497 e. The van der Waals surface area contributed by atoms with E-state index in [1.165, 1.54) is 24.3 Å². The van der Waals surface area contributed by atoms with E-state index in [1.807, 2.05) is 36.4 Å². The van der Waals surface area contributed by atoms with Gasteiger partial charge in [-0.3, -0.25) is 9.59 Å². The molecule has 2 N–H and O–H groups in total. The SMILES string of the molecule is COc1ccc(CC2(CCC(=O)NCCC(c3ccccc3)c3ccccc3)CCC(=O)N2)c(F)c1. The van der Waals surface area contributed by atoms with Gasteiger partial charge in [-0.25, -0.2) is 4.39 Å². The monoisotopic (exact) mass is 488 g/mol. The molecule has 0 saturated carbocycles. The first-order valence-corrected chi connectivity index (χ1v) is 12.5. The van der Waals surface area contributed by atoms with Crippen LogP contribution in [0.25, 0.3) is 0 Å². The maximum absolute atomic E-state index is 14.6. The minimum atomic E-state index is -0.625. The van der Waals surface area contributed by atoms with Gasteiger partial charge in [0, 0.05) is 36.9 Å². The minimum absolute atomic E-state index is 0.0575. The van der Waals surface area contributed by atoms with Crippen molar-refractivity contribution in [1.29, 1.82) is 0 Å². The molecule has 1 fully saturated rings. The van der Waals surface area contributed by atoms with E-state index in [9.17, 15) is 14.0 Å². The lowest BCUT2D eigenvalue weighted by Gasteiger charge is -2.29. The van der Waals surface area contributed by atoms with E-state index in [1.54, 1.807) is 12.1 Å². The molecule has 1 aliphatic rings. The number of methoxy groups -OCH3 is 1. The zero-order valence-electron chi connectivity index (χ0n) is 20.6. The molecule has 0 bridgehead atoms. The van der Waals surface area contributed by atoms with Crippen LogP contribution < -0.4 is 15.4 Å². The van der Waals surface area contributed by atoms with Crippen LogP contribution in [0.3, 0.4) is 0 Å². The third-order valence-electron chi connectivity index (χ3n) is 7.01. The number of amides is 2. The predicted molar refractivity (Wildman–Crippen MR) is 138 cm³/mol. The van der Waals surface area contributed by atoms with E-state index in [0.29, 0.717) is 43.5 Å².